The van der Waals surface area contributed by atoms with Gasteiger partial charge < -0.3 is 15.0 Å². The molecule has 0 radical (unpaired) electrons. The number of amides is 2. The fourth-order valence-corrected chi connectivity index (χ4v) is 4.69. The highest BCUT2D eigenvalue weighted by molar-refractivity contribution is 7.92. The average Bonchev–Trinajstić information content (AvgIpc) is 2.84. The van der Waals surface area contributed by atoms with Gasteiger partial charge in [-0.15, -0.1) is 0 Å². The normalized spacial score (nSPS) is 12.0. The molecule has 2 rings (SSSR count). The van der Waals surface area contributed by atoms with Crippen molar-refractivity contribution >= 4 is 27.5 Å². The summed E-state index contributed by atoms with van der Waals surface area (Å²) in [5, 5.41) is 2.86. The first-order valence-corrected chi connectivity index (χ1v) is 13.9. The highest BCUT2D eigenvalue weighted by Gasteiger charge is 2.27. The second-order valence-corrected chi connectivity index (χ2v) is 10.5. The van der Waals surface area contributed by atoms with Gasteiger partial charge in [-0.05, 0) is 49.6 Å². The number of carbonyl (C=O) groups excluding carboxylic acids is 2. The fraction of sp³-hybridized carbons (Fsp3) is 0.462. The first kappa shape index (κ1) is 29.1. The van der Waals surface area contributed by atoms with E-state index in [1.807, 2.05) is 13.0 Å². The van der Waals surface area contributed by atoms with E-state index in [-0.39, 0.29) is 43.4 Å². The van der Waals surface area contributed by atoms with Gasteiger partial charge in [-0.1, -0.05) is 37.6 Å². The SMILES string of the molecule is CCCCNC(=O)[C@H](C)N(Cc1cccc(OC)c1)C(=O)CCCN(c1ccccc1F)S(C)(=O)=O. The first-order valence-electron chi connectivity index (χ1n) is 12.0. The lowest BCUT2D eigenvalue weighted by molar-refractivity contribution is -0.140. The molecule has 2 amide bonds. The third-order valence-electron chi connectivity index (χ3n) is 5.76. The monoisotopic (exact) mass is 521 g/mol. The van der Waals surface area contributed by atoms with Crippen LogP contribution in [-0.4, -0.2) is 57.6 Å². The number of nitrogens with one attached hydrogen (secondary N) is 1. The Morgan fingerprint density at radius 3 is 2.47 bits per heavy atom. The molecule has 0 saturated heterocycles. The van der Waals surface area contributed by atoms with Gasteiger partial charge in [-0.2, -0.15) is 0 Å². The van der Waals surface area contributed by atoms with E-state index in [9.17, 15) is 22.4 Å². The highest BCUT2D eigenvalue weighted by atomic mass is 32.2. The number of methoxy groups -OCH3 is 1. The number of halogens is 1. The molecule has 10 heteroatoms. The van der Waals surface area contributed by atoms with Gasteiger partial charge in [0.25, 0.3) is 0 Å². The third kappa shape index (κ3) is 8.51. The minimum Gasteiger partial charge on any atom is -0.497 e. The van der Waals surface area contributed by atoms with Crippen LogP contribution in [0.2, 0.25) is 0 Å². The molecule has 0 aromatic heterocycles. The van der Waals surface area contributed by atoms with Gasteiger partial charge >= 0.3 is 0 Å². The van der Waals surface area contributed by atoms with Crippen molar-refractivity contribution in [3.8, 4) is 5.75 Å². The molecule has 0 aliphatic carbocycles. The summed E-state index contributed by atoms with van der Waals surface area (Å²) in [7, 11) is -2.22. The van der Waals surface area contributed by atoms with Gasteiger partial charge in [0.15, 0.2) is 0 Å². The zero-order chi connectivity index (χ0) is 26.7. The largest absolute Gasteiger partial charge is 0.497 e. The molecule has 198 valence electrons. The molecule has 0 heterocycles. The summed E-state index contributed by atoms with van der Waals surface area (Å²) in [4.78, 5) is 27.5. The maximum absolute atomic E-state index is 14.3. The molecule has 0 aliphatic heterocycles. The Morgan fingerprint density at radius 1 is 1.11 bits per heavy atom. The van der Waals surface area contributed by atoms with Crippen LogP contribution in [-0.2, 0) is 26.2 Å². The number of para-hydroxylation sites is 1. The Bertz CT molecular complexity index is 1130. The Balaban J connectivity index is 2.17. The lowest BCUT2D eigenvalue weighted by atomic mass is 10.1. The Morgan fingerprint density at radius 2 is 1.83 bits per heavy atom. The molecule has 0 aliphatic rings. The summed E-state index contributed by atoms with van der Waals surface area (Å²) in [5.74, 6) is -0.596. The second-order valence-electron chi connectivity index (χ2n) is 8.58. The van der Waals surface area contributed by atoms with Gasteiger partial charge in [-0.25, -0.2) is 12.8 Å². The second kappa shape index (κ2) is 13.8. The Kier molecular flexibility index (Phi) is 11.2. The molecule has 1 atom stereocenters. The van der Waals surface area contributed by atoms with E-state index in [1.54, 1.807) is 38.3 Å². The van der Waals surface area contributed by atoms with Crippen molar-refractivity contribution in [2.45, 2.75) is 52.1 Å². The van der Waals surface area contributed by atoms with Gasteiger partial charge in [0.2, 0.25) is 21.8 Å². The number of unbranched alkanes of at least 4 members (excludes halogenated alkanes) is 1. The predicted molar refractivity (Wildman–Crippen MR) is 139 cm³/mol. The Hall–Kier alpha value is -3.14. The quantitative estimate of drug-likeness (QED) is 0.383. The van der Waals surface area contributed by atoms with Gasteiger partial charge in [0, 0.05) is 26.1 Å². The van der Waals surface area contributed by atoms with Crippen molar-refractivity contribution in [1.29, 1.82) is 0 Å². The molecule has 36 heavy (non-hydrogen) atoms. The van der Waals surface area contributed by atoms with E-state index >= 15 is 0 Å². The van der Waals surface area contributed by atoms with Crippen LogP contribution >= 0.6 is 0 Å². The van der Waals surface area contributed by atoms with Crippen molar-refractivity contribution in [3.63, 3.8) is 0 Å². The van der Waals surface area contributed by atoms with Crippen molar-refractivity contribution in [2.75, 3.05) is 30.8 Å². The number of carbonyl (C=O) groups is 2. The molecule has 1 N–H and O–H groups in total. The number of rotatable bonds is 14. The van der Waals surface area contributed by atoms with Crippen LogP contribution in [0.15, 0.2) is 48.5 Å². The minimum atomic E-state index is -3.77. The number of benzene rings is 2. The predicted octanol–water partition coefficient (Wildman–Crippen LogP) is 3.71. The van der Waals surface area contributed by atoms with Gasteiger partial charge in [0.1, 0.15) is 17.6 Å². The van der Waals surface area contributed by atoms with E-state index in [4.69, 9.17) is 4.74 Å². The van der Waals surface area contributed by atoms with E-state index in [0.717, 1.165) is 29.0 Å². The van der Waals surface area contributed by atoms with Crippen LogP contribution in [0, 0.1) is 5.82 Å². The molecule has 8 nitrogen and oxygen atoms in total. The molecular weight excluding hydrogens is 485 g/mol. The first-order chi connectivity index (χ1) is 17.1. The van der Waals surface area contributed by atoms with Crippen molar-refractivity contribution in [1.82, 2.24) is 10.2 Å². The van der Waals surface area contributed by atoms with Crippen molar-refractivity contribution in [2.24, 2.45) is 0 Å². The lowest BCUT2D eigenvalue weighted by Crippen LogP contribution is -2.48. The zero-order valence-corrected chi connectivity index (χ0v) is 22.2. The average molecular weight is 522 g/mol. The van der Waals surface area contributed by atoms with Crippen molar-refractivity contribution in [3.05, 3.63) is 59.9 Å². The van der Waals surface area contributed by atoms with Crippen LogP contribution in [0.4, 0.5) is 10.1 Å². The molecule has 2 aromatic carbocycles. The number of hydrogen-bond acceptors (Lipinski definition) is 5. The third-order valence-corrected chi connectivity index (χ3v) is 6.94. The summed E-state index contributed by atoms with van der Waals surface area (Å²) in [6, 6.07) is 12.1. The Labute approximate surface area is 213 Å². The summed E-state index contributed by atoms with van der Waals surface area (Å²) in [5.41, 5.74) is 0.726. The van der Waals surface area contributed by atoms with Crippen LogP contribution in [0.25, 0.3) is 0 Å². The summed E-state index contributed by atoms with van der Waals surface area (Å²) < 4.78 is 45.1. The zero-order valence-electron chi connectivity index (χ0n) is 21.4. The molecule has 0 unspecified atom stereocenters. The molecule has 0 bridgehead atoms. The topological polar surface area (TPSA) is 96.0 Å². The molecule has 0 fully saturated rings. The smallest absolute Gasteiger partial charge is 0.242 e. The van der Waals surface area contributed by atoms with Gasteiger partial charge in [-0.3, -0.25) is 13.9 Å². The summed E-state index contributed by atoms with van der Waals surface area (Å²) in [6.45, 7) is 4.32. The summed E-state index contributed by atoms with van der Waals surface area (Å²) >= 11 is 0. The van der Waals surface area contributed by atoms with E-state index in [0.29, 0.717) is 12.3 Å². The van der Waals surface area contributed by atoms with Crippen LogP contribution in [0.3, 0.4) is 0 Å². The fourth-order valence-electron chi connectivity index (χ4n) is 3.72. The maximum atomic E-state index is 14.3. The molecule has 0 spiro atoms. The number of nitrogens with zero attached hydrogens (tertiary/aromatic N) is 2. The van der Waals surface area contributed by atoms with Crippen LogP contribution in [0.5, 0.6) is 5.75 Å². The lowest BCUT2D eigenvalue weighted by Gasteiger charge is -2.29. The highest BCUT2D eigenvalue weighted by Crippen LogP contribution is 2.22. The number of anilines is 1. The number of sulfonamides is 1. The number of ether oxygens (including phenoxy) is 1. The van der Waals surface area contributed by atoms with E-state index < -0.39 is 21.9 Å². The van der Waals surface area contributed by atoms with Crippen LogP contribution < -0.4 is 14.4 Å². The summed E-state index contributed by atoms with van der Waals surface area (Å²) in [6.07, 6.45) is 2.90. The van der Waals surface area contributed by atoms with E-state index in [1.165, 1.54) is 23.1 Å². The van der Waals surface area contributed by atoms with Crippen LogP contribution in [0.1, 0.15) is 45.1 Å². The maximum Gasteiger partial charge on any atom is 0.242 e. The minimum absolute atomic E-state index is 0.0168. The standard InChI is InChI=1S/C26H36FN3O5S/c1-5-6-16-28-26(32)20(2)29(19-21-11-9-12-22(18-21)35-3)25(31)15-10-17-30(36(4,33)34)24-14-8-7-13-23(24)27/h7-9,11-14,18,20H,5-6,10,15-17,19H2,1-4H3,(H,28,32)/t20-/m0/s1. The molecule has 0 saturated carbocycles. The van der Waals surface area contributed by atoms with Crippen molar-refractivity contribution < 1.29 is 27.1 Å². The molecule has 2 aromatic rings. The molecular formula is C26H36FN3O5S. The number of hydrogen-bond donors (Lipinski definition) is 1. The van der Waals surface area contributed by atoms with E-state index in [2.05, 4.69) is 5.32 Å². The van der Waals surface area contributed by atoms with Gasteiger partial charge in [0.05, 0.1) is 19.1 Å².